The summed E-state index contributed by atoms with van der Waals surface area (Å²) in [5, 5.41) is 4.23. The Morgan fingerprint density at radius 1 is 1.11 bits per heavy atom. The summed E-state index contributed by atoms with van der Waals surface area (Å²) in [7, 11) is 0. The van der Waals surface area contributed by atoms with E-state index in [4.69, 9.17) is 10.3 Å². The number of nitrogens with zero attached hydrogens (tertiary/aromatic N) is 1. The van der Waals surface area contributed by atoms with Gasteiger partial charge in [0.15, 0.2) is 0 Å². The molecule has 2 N–H and O–H groups in total. The molecule has 0 radical (unpaired) electrons. The summed E-state index contributed by atoms with van der Waals surface area (Å²) >= 11 is 3.45. The molecule has 1 fully saturated rings. The lowest BCUT2D eigenvalue weighted by Gasteiger charge is -2.20. The SMILES string of the molecule is Nc1onc(C2CCCCC2)c1-c1ccc(Br)cc1. The number of anilines is 1. The van der Waals surface area contributed by atoms with Crippen LogP contribution in [0.15, 0.2) is 33.3 Å². The van der Waals surface area contributed by atoms with Crippen LogP contribution in [0, 0.1) is 0 Å². The first-order chi connectivity index (χ1) is 9.25. The van der Waals surface area contributed by atoms with Crippen molar-refractivity contribution >= 4 is 21.8 Å². The first kappa shape index (κ1) is 12.7. The zero-order valence-corrected chi connectivity index (χ0v) is 12.3. The van der Waals surface area contributed by atoms with Crippen LogP contribution >= 0.6 is 15.9 Å². The molecule has 1 heterocycles. The monoisotopic (exact) mass is 320 g/mol. The van der Waals surface area contributed by atoms with Gasteiger partial charge in [-0.25, -0.2) is 0 Å². The highest BCUT2D eigenvalue weighted by atomic mass is 79.9. The van der Waals surface area contributed by atoms with Crippen molar-refractivity contribution in [3.63, 3.8) is 0 Å². The van der Waals surface area contributed by atoms with Crippen LogP contribution < -0.4 is 5.73 Å². The number of hydrogen-bond donors (Lipinski definition) is 1. The summed E-state index contributed by atoms with van der Waals surface area (Å²) in [6.07, 6.45) is 6.26. The summed E-state index contributed by atoms with van der Waals surface area (Å²) < 4.78 is 6.31. The zero-order valence-electron chi connectivity index (χ0n) is 10.7. The maximum Gasteiger partial charge on any atom is 0.230 e. The summed E-state index contributed by atoms with van der Waals surface area (Å²) in [6, 6.07) is 8.15. The molecule has 1 aliphatic rings. The van der Waals surface area contributed by atoms with Gasteiger partial charge in [0.25, 0.3) is 0 Å². The van der Waals surface area contributed by atoms with Gasteiger partial charge in [0.1, 0.15) is 0 Å². The third-order valence-corrected chi connectivity index (χ3v) is 4.40. The summed E-state index contributed by atoms with van der Waals surface area (Å²) in [6.45, 7) is 0. The highest BCUT2D eigenvalue weighted by Gasteiger charge is 2.25. The van der Waals surface area contributed by atoms with E-state index in [1.54, 1.807) is 0 Å². The molecule has 0 unspecified atom stereocenters. The van der Waals surface area contributed by atoms with Crippen LogP contribution in [-0.2, 0) is 0 Å². The Labute approximate surface area is 121 Å². The molecule has 3 rings (SSSR count). The van der Waals surface area contributed by atoms with E-state index in [9.17, 15) is 0 Å². The molecule has 3 nitrogen and oxygen atoms in total. The van der Waals surface area contributed by atoms with Gasteiger partial charge in [-0.05, 0) is 30.5 Å². The molecule has 0 aliphatic heterocycles. The standard InChI is InChI=1S/C15H17BrN2O/c16-12-8-6-10(7-9-12)13-14(18-19-15(13)17)11-4-2-1-3-5-11/h6-9,11H,1-5,17H2. The second-order valence-corrected chi connectivity index (χ2v) is 6.06. The molecule has 1 aromatic heterocycles. The molecule has 1 aliphatic carbocycles. The predicted octanol–water partition coefficient (Wildman–Crippen LogP) is 4.73. The van der Waals surface area contributed by atoms with E-state index in [2.05, 4.69) is 33.2 Å². The number of nitrogen functional groups attached to an aromatic ring is 1. The van der Waals surface area contributed by atoms with Gasteiger partial charge in [-0.2, -0.15) is 0 Å². The Balaban J connectivity index is 2.00. The molecule has 0 bridgehead atoms. The van der Waals surface area contributed by atoms with Gasteiger partial charge < -0.3 is 10.3 Å². The highest BCUT2D eigenvalue weighted by Crippen LogP contribution is 2.40. The number of rotatable bonds is 2. The number of nitrogens with two attached hydrogens (primary N) is 1. The van der Waals surface area contributed by atoms with Crippen LogP contribution in [0.5, 0.6) is 0 Å². The number of benzene rings is 1. The molecule has 1 aromatic carbocycles. The lowest BCUT2D eigenvalue weighted by molar-refractivity contribution is 0.388. The van der Waals surface area contributed by atoms with E-state index >= 15 is 0 Å². The minimum Gasteiger partial charge on any atom is -0.367 e. The van der Waals surface area contributed by atoms with E-state index in [-0.39, 0.29) is 0 Å². The Kier molecular flexibility index (Phi) is 3.60. The third-order valence-electron chi connectivity index (χ3n) is 3.87. The van der Waals surface area contributed by atoms with Crippen molar-refractivity contribution in [1.29, 1.82) is 0 Å². The summed E-state index contributed by atoms with van der Waals surface area (Å²) in [4.78, 5) is 0. The highest BCUT2D eigenvalue weighted by molar-refractivity contribution is 9.10. The average Bonchev–Trinajstić information content (AvgIpc) is 2.83. The van der Waals surface area contributed by atoms with Gasteiger partial charge in [-0.15, -0.1) is 0 Å². The molecule has 2 aromatic rings. The lowest BCUT2D eigenvalue weighted by Crippen LogP contribution is -2.06. The second kappa shape index (κ2) is 5.37. The quantitative estimate of drug-likeness (QED) is 0.869. The van der Waals surface area contributed by atoms with Gasteiger partial charge >= 0.3 is 0 Å². The number of halogens is 1. The van der Waals surface area contributed by atoms with Crippen molar-refractivity contribution in [2.45, 2.75) is 38.0 Å². The fraction of sp³-hybridized carbons (Fsp3) is 0.400. The second-order valence-electron chi connectivity index (χ2n) is 5.15. The molecule has 0 amide bonds. The van der Waals surface area contributed by atoms with Crippen molar-refractivity contribution < 1.29 is 4.52 Å². The molecule has 0 atom stereocenters. The maximum absolute atomic E-state index is 5.98. The largest absolute Gasteiger partial charge is 0.367 e. The molecule has 19 heavy (non-hydrogen) atoms. The molecule has 0 spiro atoms. The van der Waals surface area contributed by atoms with E-state index < -0.39 is 0 Å². The molecule has 4 heteroatoms. The van der Waals surface area contributed by atoms with Crippen molar-refractivity contribution in [3.05, 3.63) is 34.4 Å². The van der Waals surface area contributed by atoms with Gasteiger partial charge in [-0.3, -0.25) is 0 Å². The first-order valence-electron chi connectivity index (χ1n) is 6.76. The van der Waals surface area contributed by atoms with Crippen LogP contribution in [0.4, 0.5) is 5.88 Å². The average molecular weight is 321 g/mol. The van der Waals surface area contributed by atoms with E-state index in [0.717, 1.165) is 21.3 Å². The van der Waals surface area contributed by atoms with Gasteiger partial charge in [0.2, 0.25) is 5.88 Å². The number of aromatic nitrogens is 1. The Morgan fingerprint density at radius 3 is 2.47 bits per heavy atom. The predicted molar refractivity (Wildman–Crippen MR) is 79.9 cm³/mol. The van der Waals surface area contributed by atoms with Crippen molar-refractivity contribution in [1.82, 2.24) is 5.16 Å². The molecule has 100 valence electrons. The zero-order chi connectivity index (χ0) is 13.2. The van der Waals surface area contributed by atoms with Crippen LogP contribution in [0.2, 0.25) is 0 Å². The first-order valence-corrected chi connectivity index (χ1v) is 7.56. The molecular weight excluding hydrogens is 304 g/mol. The minimum absolute atomic E-state index is 0.433. The number of hydrogen-bond acceptors (Lipinski definition) is 3. The van der Waals surface area contributed by atoms with Crippen LogP contribution in [0.1, 0.15) is 43.7 Å². The normalized spacial score (nSPS) is 16.7. The van der Waals surface area contributed by atoms with E-state index in [0.29, 0.717) is 11.8 Å². The van der Waals surface area contributed by atoms with Crippen molar-refractivity contribution in [3.8, 4) is 11.1 Å². The smallest absolute Gasteiger partial charge is 0.230 e. The fourth-order valence-electron chi connectivity index (χ4n) is 2.88. The van der Waals surface area contributed by atoms with Crippen molar-refractivity contribution in [2.24, 2.45) is 0 Å². The Bertz CT molecular complexity index is 556. The van der Waals surface area contributed by atoms with E-state index in [1.165, 1.54) is 32.1 Å². The Hall–Kier alpha value is -1.29. The lowest BCUT2D eigenvalue weighted by atomic mass is 9.84. The van der Waals surface area contributed by atoms with Gasteiger partial charge in [0.05, 0.1) is 11.3 Å². The van der Waals surface area contributed by atoms with Crippen LogP contribution in [0.25, 0.3) is 11.1 Å². The molecular formula is C15H17BrN2O. The Morgan fingerprint density at radius 2 is 1.79 bits per heavy atom. The minimum atomic E-state index is 0.433. The van der Waals surface area contributed by atoms with Gasteiger partial charge in [-0.1, -0.05) is 52.5 Å². The van der Waals surface area contributed by atoms with Gasteiger partial charge in [0, 0.05) is 10.4 Å². The maximum atomic E-state index is 5.98. The summed E-state index contributed by atoms with van der Waals surface area (Å²) in [5.74, 6) is 0.927. The molecule has 1 saturated carbocycles. The van der Waals surface area contributed by atoms with Crippen LogP contribution in [0.3, 0.4) is 0 Å². The topological polar surface area (TPSA) is 52.0 Å². The van der Waals surface area contributed by atoms with Crippen LogP contribution in [-0.4, -0.2) is 5.16 Å². The third kappa shape index (κ3) is 2.54. The van der Waals surface area contributed by atoms with E-state index in [1.807, 2.05) is 12.1 Å². The summed E-state index contributed by atoms with van der Waals surface area (Å²) in [5.41, 5.74) is 9.09. The molecule has 0 saturated heterocycles. The fourth-order valence-corrected chi connectivity index (χ4v) is 3.14. The van der Waals surface area contributed by atoms with Crippen molar-refractivity contribution in [2.75, 3.05) is 5.73 Å².